The summed E-state index contributed by atoms with van der Waals surface area (Å²) in [4.78, 5) is 11.3. The fourth-order valence-corrected chi connectivity index (χ4v) is 1.14. The van der Waals surface area contributed by atoms with E-state index in [1.165, 1.54) is 0 Å². The Kier molecular flexibility index (Phi) is 1.87. The Labute approximate surface area is 65.2 Å². The highest BCUT2D eigenvalue weighted by atomic mass is 16.1. The van der Waals surface area contributed by atoms with E-state index < -0.39 is 0 Å². The second-order valence-corrected chi connectivity index (χ2v) is 2.62. The van der Waals surface area contributed by atoms with Crippen LogP contribution < -0.4 is 11.3 Å². The topological polar surface area (TPSA) is 53.0 Å². The molecule has 0 atom stereocenters. The summed E-state index contributed by atoms with van der Waals surface area (Å²) in [5, 5.41) is 0. The molecule has 1 heterocycles. The molecule has 0 bridgehead atoms. The van der Waals surface area contributed by atoms with Gasteiger partial charge in [-0.2, -0.15) is 0 Å². The largest absolute Gasteiger partial charge is 0.326 e. The van der Waals surface area contributed by atoms with Crippen LogP contribution >= 0.6 is 0 Å². The van der Waals surface area contributed by atoms with Gasteiger partial charge in [0, 0.05) is 26.3 Å². The molecule has 4 nitrogen and oxygen atoms in total. The standard InChI is InChI=1S/C7H13N3O/c1-5-6(4-8)7(11)10(3)9(5)2/h4,8H2,1-3H3. The van der Waals surface area contributed by atoms with Crippen LogP contribution in [0.4, 0.5) is 0 Å². The van der Waals surface area contributed by atoms with Gasteiger partial charge in [-0.3, -0.25) is 14.2 Å². The van der Waals surface area contributed by atoms with Crippen molar-refractivity contribution in [3.63, 3.8) is 0 Å². The summed E-state index contributed by atoms with van der Waals surface area (Å²) in [7, 11) is 3.57. The molecule has 0 saturated heterocycles. The van der Waals surface area contributed by atoms with E-state index in [1.807, 2.05) is 14.0 Å². The number of hydrogen-bond acceptors (Lipinski definition) is 2. The maximum Gasteiger partial charge on any atom is 0.271 e. The monoisotopic (exact) mass is 155 g/mol. The number of nitrogens with two attached hydrogens (primary N) is 1. The van der Waals surface area contributed by atoms with Crippen LogP contribution in [0.25, 0.3) is 0 Å². The smallest absolute Gasteiger partial charge is 0.271 e. The normalized spacial score (nSPS) is 10.5. The van der Waals surface area contributed by atoms with Crippen molar-refractivity contribution in [1.29, 1.82) is 0 Å². The average Bonchev–Trinajstić information content (AvgIpc) is 2.17. The summed E-state index contributed by atoms with van der Waals surface area (Å²) in [5.41, 5.74) is 7.06. The third-order valence-corrected chi connectivity index (χ3v) is 2.13. The van der Waals surface area contributed by atoms with Gasteiger partial charge in [0.2, 0.25) is 0 Å². The molecule has 0 saturated carbocycles. The second kappa shape index (κ2) is 2.54. The van der Waals surface area contributed by atoms with E-state index in [2.05, 4.69) is 0 Å². The maximum absolute atomic E-state index is 11.3. The summed E-state index contributed by atoms with van der Waals surface area (Å²) < 4.78 is 3.35. The van der Waals surface area contributed by atoms with Crippen LogP contribution in [0.15, 0.2) is 4.79 Å². The second-order valence-electron chi connectivity index (χ2n) is 2.62. The Morgan fingerprint density at radius 1 is 1.36 bits per heavy atom. The van der Waals surface area contributed by atoms with Crippen LogP contribution in [0.2, 0.25) is 0 Å². The molecule has 0 radical (unpaired) electrons. The molecule has 0 aliphatic carbocycles. The number of rotatable bonds is 1. The molecule has 0 amide bonds. The Hall–Kier alpha value is -1.03. The molecule has 0 unspecified atom stereocenters. The molecule has 1 aromatic heterocycles. The van der Waals surface area contributed by atoms with Crippen molar-refractivity contribution in [3.05, 3.63) is 21.6 Å². The minimum Gasteiger partial charge on any atom is -0.326 e. The van der Waals surface area contributed by atoms with Crippen LogP contribution in [0, 0.1) is 6.92 Å². The van der Waals surface area contributed by atoms with E-state index >= 15 is 0 Å². The molecule has 0 fully saturated rings. The predicted molar refractivity (Wildman–Crippen MR) is 43.3 cm³/mol. The fraction of sp³-hybridized carbons (Fsp3) is 0.571. The van der Waals surface area contributed by atoms with Crippen molar-refractivity contribution in [2.45, 2.75) is 13.5 Å². The van der Waals surface area contributed by atoms with E-state index in [1.54, 1.807) is 16.4 Å². The van der Waals surface area contributed by atoms with Crippen molar-refractivity contribution in [1.82, 2.24) is 9.36 Å². The molecule has 0 aromatic carbocycles. The molecule has 1 rings (SSSR count). The SMILES string of the molecule is Cc1c(CN)c(=O)n(C)n1C. The zero-order valence-corrected chi connectivity index (χ0v) is 7.09. The molecule has 0 aliphatic rings. The number of aromatic nitrogens is 2. The van der Waals surface area contributed by atoms with Gasteiger partial charge < -0.3 is 5.73 Å². The van der Waals surface area contributed by atoms with Crippen LogP contribution in [-0.2, 0) is 20.6 Å². The van der Waals surface area contributed by atoms with E-state index in [0.717, 1.165) is 5.69 Å². The average molecular weight is 155 g/mol. The number of nitrogens with zero attached hydrogens (tertiary/aromatic N) is 2. The highest BCUT2D eigenvalue weighted by Gasteiger charge is 2.09. The zero-order valence-electron chi connectivity index (χ0n) is 7.09. The van der Waals surface area contributed by atoms with E-state index in [4.69, 9.17) is 5.73 Å². The predicted octanol–water partition coefficient (Wildman–Crippen LogP) is -0.509. The highest BCUT2D eigenvalue weighted by Crippen LogP contribution is 1.99. The molecule has 1 aromatic rings. The first-order valence-corrected chi connectivity index (χ1v) is 3.51. The van der Waals surface area contributed by atoms with Crippen molar-refractivity contribution < 1.29 is 0 Å². The molecular formula is C7H13N3O. The van der Waals surface area contributed by atoms with E-state index in [-0.39, 0.29) is 5.56 Å². The van der Waals surface area contributed by atoms with Gasteiger partial charge in [-0.25, -0.2) is 0 Å². The first-order valence-electron chi connectivity index (χ1n) is 3.51. The Balaban J connectivity index is 3.49. The van der Waals surface area contributed by atoms with Crippen LogP contribution in [0.3, 0.4) is 0 Å². The summed E-state index contributed by atoms with van der Waals surface area (Å²) >= 11 is 0. The van der Waals surface area contributed by atoms with E-state index in [0.29, 0.717) is 12.1 Å². The Morgan fingerprint density at radius 2 is 1.91 bits per heavy atom. The van der Waals surface area contributed by atoms with Gasteiger partial charge in [0.15, 0.2) is 0 Å². The maximum atomic E-state index is 11.3. The summed E-state index contributed by atoms with van der Waals surface area (Å²) in [5.74, 6) is 0. The summed E-state index contributed by atoms with van der Waals surface area (Å²) in [6, 6.07) is 0. The summed E-state index contributed by atoms with van der Waals surface area (Å²) in [6.45, 7) is 2.21. The Bertz CT molecular complexity index is 321. The fourth-order valence-electron chi connectivity index (χ4n) is 1.14. The molecule has 2 N–H and O–H groups in total. The molecule has 4 heteroatoms. The summed E-state index contributed by atoms with van der Waals surface area (Å²) in [6.07, 6.45) is 0. The van der Waals surface area contributed by atoms with Crippen molar-refractivity contribution >= 4 is 0 Å². The minimum absolute atomic E-state index is 0.00694. The molecular weight excluding hydrogens is 142 g/mol. The lowest BCUT2D eigenvalue weighted by atomic mass is 10.2. The van der Waals surface area contributed by atoms with E-state index in [9.17, 15) is 4.79 Å². The third-order valence-electron chi connectivity index (χ3n) is 2.13. The van der Waals surface area contributed by atoms with Gasteiger partial charge in [0.25, 0.3) is 5.56 Å². The van der Waals surface area contributed by atoms with Crippen molar-refractivity contribution in [3.8, 4) is 0 Å². The zero-order chi connectivity index (χ0) is 8.59. The lowest BCUT2D eigenvalue weighted by molar-refractivity contribution is 0.567. The molecule has 0 aliphatic heterocycles. The highest BCUT2D eigenvalue weighted by molar-refractivity contribution is 5.16. The lowest BCUT2D eigenvalue weighted by Gasteiger charge is -1.99. The molecule has 0 spiro atoms. The van der Waals surface area contributed by atoms with Gasteiger partial charge in [-0.15, -0.1) is 0 Å². The molecule has 62 valence electrons. The van der Waals surface area contributed by atoms with Gasteiger partial charge in [-0.05, 0) is 6.92 Å². The van der Waals surface area contributed by atoms with Crippen molar-refractivity contribution in [2.75, 3.05) is 0 Å². The van der Waals surface area contributed by atoms with Crippen LogP contribution in [0.1, 0.15) is 11.3 Å². The Morgan fingerprint density at radius 3 is 2.09 bits per heavy atom. The lowest BCUT2D eigenvalue weighted by Crippen LogP contribution is -2.19. The van der Waals surface area contributed by atoms with Gasteiger partial charge in [0.05, 0.1) is 5.56 Å². The molecule has 11 heavy (non-hydrogen) atoms. The number of hydrogen-bond donors (Lipinski definition) is 1. The first kappa shape index (κ1) is 8.07. The van der Waals surface area contributed by atoms with Gasteiger partial charge >= 0.3 is 0 Å². The van der Waals surface area contributed by atoms with Gasteiger partial charge in [0.1, 0.15) is 0 Å². The van der Waals surface area contributed by atoms with Crippen LogP contribution in [0.5, 0.6) is 0 Å². The first-order chi connectivity index (χ1) is 5.09. The quantitative estimate of drug-likeness (QED) is 0.594. The van der Waals surface area contributed by atoms with Crippen molar-refractivity contribution in [2.24, 2.45) is 19.8 Å². The minimum atomic E-state index is 0.00694. The third kappa shape index (κ3) is 0.991. The van der Waals surface area contributed by atoms with Crippen LogP contribution in [-0.4, -0.2) is 9.36 Å². The van der Waals surface area contributed by atoms with Gasteiger partial charge in [-0.1, -0.05) is 0 Å².